The zero-order valence-corrected chi connectivity index (χ0v) is 15.2. The SMILES string of the molecule is COc1ccc(Cl)cc1N1CCN(C(=O)c2ccc3c(c2)OCO3)CC1. The first-order valence-electron chi connectivity index (χ1n) is 8.43. The Kier molecular flexibility index (Phi) is 4.51. The van der Waals surface area contributed by atoms with Crippen LogP contribution in [0.2, 0.25) is 5.02 Å². The molecule has 0 unspecified atom stereocenters. The van der Waals surface area contributed by atoms with Gasteiger partial charge in [-0.15, -0.1) is 0 Å². The third kappa shape index (κ3) is 3.12. The Morgan fingerprint density at radius 3 is 2.58 bits per heavy atom. The number of hydrogen-bond acceptors (Lipinski definition) is 5. The maximum absolute atomic E-state index is 12.8. The summed E-state index contributed by atoms with van der Waals surface area (Å²) >= 11 is 6.13. The third-order valence-electron chi connectivity index (χ3n) is 4.67. The number of piperazine rings is 1. The van der Waals surface area contributed by atoms with Crippen LogP contribution in [0.15, 0.2) is 36.4 Å². The molecule has 1 fully saturated rings. The Balaban J connectivity index is 1.45. The number of amides is 1. The van der Waals surface area contributed by atoms with E-state index in [-0.39, 0.29) is 12.7 Å². The van der Waals surface area contributed by atoms with Crippen LogP contribution < -0.4 is 19.1 Å². The number of methoxy groups -OCH3 is 1. The molecule has 1 saturated heterocycles. The van der Waals surface area contributed by atoms with E-state index in [4.69, 9.17) is 25.8 Å². The lowest BCUT2D eigenvalue weighted by molar-refractivity contribution is 0.0746. The van der Waals surface area contributed by atoms with Gasteiger partial charge in [0.05, 0.1) is 12.8 Å². The Labute approximate surface area is 156 Å². The highest BCUT2D eigenvalue weighted by Crippen LogP contribution is 2.34. The van der Waals surface area contributed by atoms with Crippen molar-refractivity contribution in [1.82, 2.24) is 4.90 Å². The van der Waals surface area contributed by atoms with E-state index in [1.54, 1.807) is 25.3 Å². The topological polar surface area (TPSA) is 51.2 Å². The summed E-state index contributed by atoms with van der Waals surface area (Å²) in [6, 6.07) is 10.9. The summed E-state index contributed by atoms with van der Waals surface area (Å²) in [7, 11) is 1.64. The molecule has 7 heteroatoms. The highest BCUT2D eigenvalue weighted by atomic mass is 35.5. The third-order valence-corrected chi connectivity index (χ3v) is 4.90. The van der Waals surface area contributed by atoms with Gasteiger partial charge < -0.3 is 24.0 Å². The number of rotatable bonds is 3. The van der Waals surface area contributed by atoms with Gasteiger partial charge in [0.25, 0.3) is 5.91 Å². The molecule has 2 aromatic carbocycles. The number of benzene rings is 2. The summed E-state index contributed by atoms with van der Waals surface area (Å²) in [6.07, 6.45) is 0. The van der Waals surface area contributed by atoms with Gasteiger partial charge in [0, 0.05) is 36.8 Å². The molecule has 0 radical (unpaired) electrons. The van der Waals surface area contributed by atoms with E-state index in [1.807, 2.05) is 23.1 Å². The number of nitrogens with zero attached hydrogens (tertiary/aromatic N) is 2. The fourth-order valence-corrected chi connectivity index (χ4v) is 3.44. The number of carbonyl (C=O) groups is 1. The van der Waals surface area contributed by atoms with Crippen molar-refractivity contribution >= 4 is 23.2 Å². The lowest BCUT2D eigenvalue weighted by Crippen LogP contribution is -2.48. The van der Waals surface area contributed by atoms with E-state index in [0.717, 1.165) is 11.4 Å². The molecular formula is C19H19ClN2O4. The number of hydrogen-bond donors (Lipinski definition) is 0. The molecule has 2 aliphatic heterocycles. The van der Waals surface area contributed by atoms with Crippen molar-refractivity contribution < 1.29 is 19.0 Å². The van der Waals surface area contributed by atoms with Crippen molar-refractivity contribution in [3.05, 3.63) is 47.0 Å². The van der Waals surface area contributed by atoms with Crippen molar-refractivity contribution in [3.8, 4) is 17.2 Å². The van der Waals surface area contributed by atoms with Gasteiger partial charge in [-0.2, -0.15) is 0 Å². The number of halogens is 1. The van der Waals surface area contributed by atoms with Crippen LogP contribution in [-0.2, 0) is 0 Å². The van der Waals surface area contributed by atoms with E-state index in [1.165, 1.54) is 0 Å². The van der Waals surface area contributed by atoms with E-state index >= 15 is 0 Å². The molecule has 0 bridgehead atoms. The zero-order valence-electron chi connectivity index (χ0n) is 14.4. The van der Waals surface area contributed by atoms with Crippen LogP contribution in [0.1, 0.15) is 10.4 Å². The molecule has 2 aliphatic rings. The molecule has 0 aromatic heterocycles. The fourth-order valence-electron chi connectivity index (χ4n) is 3.27. The maximum atomic E-state index is 12.8. The summed E-state index contributed by atoms with van der Waals surface area (Å²) in [5.41, 5.74) is 1.57. The average Bonchev–Trinajstić information content (AvgIpc) is 3.15. The molecule has 136 valence electrons. The van der Waals surface area contributed by atoms with Gasteiger partial charge in [0.15, 0.2) is 11.5 Å². The predicted octanol–water partition coefficient (Wildman–Crippen LogP) is 3.04. The van der Waals surface area contributed by atoms with Gasteiger partial charge in [-0.3, -0.25) is 4.79 Å². The number of ether oxygens (including phenoxy) is 3. The Hall–Kier alpha value is -2.60. The fraction of sp³-hybridized carbons (Fsp3) is 0.316. The van der Waals surface area contributed by atoms with E-state index in [9.17, 15) is 4.79 Å². The van der Waals surface area contributed by atoms with Crippen LogP contribution in [0.4, 0.5) is 5.69 Å². The summed E-state index contributed by atoms with van der Waals surface area (Å²) < 4.78 is 16.1. The van der Waals surface area contributed by atoms with Gasteiger partial charge >= 0.3 is 0 Å². The Morgan fingerprint density at radius 1 is 1.04 bits per heavy atom. The second-order valence-corrected chi connectivity index (χ2v) is 6.60. The normalized spacial score (nSPS) is 15.9. The summed E-state index contributed by atoms with van der Waals surface area (Å²) in [5.74, 6) is 2.09. The minimum absolute atomic E-state index is 0.000934. The molecule has 0 aliphatic carbocycles. The second-order valence-electron chi connectivity index (χ2n) is 6.16. The first-order valence-corrected chi connectivity index (χ1v) is 8.81. The lowest BCUT2D eigenvalue weighted by Gasteiger charge is -2.36. The van der Waals surface area contributed by atoms with E-state index in [2.05, 4.69) is 4.90 Å². The Morgan fingerprint density at radius 2 is 1.81 bits per heavy atom. The molecule has 0 N–H and O–H groups in total. The zero-order chi connectivity index (χ0) is 18.1. The van der Waals surface area contributed by atoms with Crippen molar-refractivity contribution in [3.63, 3.8) is 0 Å². The lowest BCUT2D eigenvalue weighted by atomic mass is 10.1. The van der Waals surface area contributed by atoms with Crippen LogP contribution in [0.3, 0.4) is 0 Å². The molecule has 2 heterocycles. The van der Waals surface area contributed by atoms with Crippen molar-refractivity contribution in [2.45, 2.75) is 0 Å². The number of fused-ring (bicyclic) bond motifs is 1. The predicted molar refractivity (Wildman–Crippen MR) is 98.7 cm³/mol. The average molecular weight is 375 g/mol. The van der Waals surface area contributed by atoms with Crippen LogP contribution in [-0.4, -0.2) is 50.9 Å². The monoisotopic (exact) mass is 374 g/mol. The highest BCUT2D eigenvalue weighted by molar-refractivity contribution is 6.30. The standard InChI is InChI=1S/C19H19ClN2O4/c1-24-16-5-3-14(20)11-15(16)21-6-8-22(9-7-21)19(23)13-2-4-17-18(10-13)26-12-25-17/h2-5,10-11H,6-9,12H2,1H3. The van der Waals surface area contributed by atoms with Crippen LogP contribution in [0, 0.1) is 0 Å². The van der Waals surface area contributed by atoms with Crippen LogP contribution in [0.5, 0.6) is 17.2 Å². The first-order chi connectivity index (χ1) is 12.7. The molecule has 26 heavy (non-hydrogen) atoms. The quantitative estimate of drug-likeness (QED) is 0.826. The van der Waals surface area contributed by atoms with Gasteiger partial charge in [0.1, 0.15) is 5.75 Å². The van der Waals surface area contributed by atoms with Crippen molar-refractivity contribution in [2.24, 2.45) is 0 Å². The minimum Gasteiger partial charge on any atom is -0.495 e. The van der Waals surface area contributed by atoms with Gasteiger partial charge in [-0.1, -0.05) is 11.6 Å². The molecule has 0 spiro atoms. The van der Waals surface area contributed by atoms with Gasteiger partial charge in [0.2, 0.25) is 6.79 Å². The van der Waals surface area contributed by atoms with E-state index in [0.29, 0.717) is 48.3 Å². The van der Waals surface area contributed by atoms with Gasteiger partial charge in [-0.05, 0) is 36.4 Å². The number of anilines is 1. The maximum Gasteiger partial charge on any atom is 0.254 e. The van der Waals surface area contributed by atoms with E-state index < -0.39 is 0 Å². The summed E-state index contributed by atoms with van der Waals surface area (Å²) in [5, 5.41) is 0.666. The van der Waals surface area contributed by atoms with Gasteiger partial charge in [-0.25, -0.2) is 0 Å². The molecule has 0 saturated carbocycles. The smallest absolute Gasteiger partial charge is 0.254 e. The minimum atomic E-state index is 0.000934. The number of carbonyl (C=O) groups excluding carboxylic acids is 1. The molecule has 6 nitrogen and oxygen atoms in total. The first kappa shape index (κ1) is 16.8. The summed E-state index contributed by atoms with van der Waals surface area (Å²) in [6.45, 7) is 2.89. The summed E-state index contributed by atoms with van der Waals surface area (Å²) in [4.78, 5) is 16.8. The molecule has 4 rings (SSSR count). The highest BCUT2D eigenvalue weighted by Gasteiger charge is 2.25. The second kappa shape index (κ2) is 6.96. The largest absolute Gasteiger partial charge is 0.495 e. The molecule has 1 amide bonds. The van der Waals surface area contributed by atoms with Crippen molar-refractivity contribution in [1.29, 1.82) is 0 Å². The molecule has 2 aromatic rings. The van der Waals surface area contributed by atoms with Crippen LogP contribution >= 0.6 is 11.6 Å². The molecule has 0 atom stereocenters. The molecular weight excluding hydrogens is 356 g/mol. The van der Waals surface area contributed by atoms with Crippen LogP contribution in [0.25, 0.3) is 0 Å². The Bertz CT molecular complexity index is 834. The van der Waals surface area contributed by atoms with Crippen molar-refractivity contribution in [2.75, 3.05) is 45.0 Å².